The van der Waals surface area contributed by atoms with Gasteiger partial charge in [-0.3, -0.25) is 4.79 Å². The van der Waals surface area contributed by atoms with E-state index in [1.54, 1.807) is 0 Å². The van der Waals surface area contributed by atoms with Gasteiger partial charge in [0.2, 0.25) is 15.9 Å². The molecule has 1 atom stereocenters. The van der Waals surface area contributed by atoms with Gasteiger partial charge in [0.05, 0.1) is 5.69 Å². The van der Waals surface area contributed by atoms with E-state index < -0.39 is 28.6 Å². The number of halogens is 2. The highest BCUT2D eigenvalue weighted by Crippen LogP contribution is 2.31. The number of carbonyl (C=O) groups is 1. The normalized spacial score (nSPS) is 13.2. The standard InChI is InChI=1S/C9H11Br2N3O4S/c10-4-1-5(11)8(6(12)2-4)19(17,18)14-3-7(15)9(13)16/h1-2,7,14-15H,3,12H2,(H2,13,16). The number of nitrogen functional groups attached to an aromatic ring is 1. The first-order valence-corrected chi connectivity index (χ1v) is 7.93. The number of sulfonamides is 1. The third kappa shape index (κ3) is 4.14. The number of aliphatic hydroxyl groups is 1. The van der Waals surface area contributed by atoms with Crippen molar-refractivity contribution in [3.05, 3.63) is 21.1 Å². The fourth-order valence-corrected chi connectivity index (χ4v) is 4.33. The number of anilines is 1. The van der Waals surface area contributed by atoms with Crippen molar-refractivity contribution in [1.29, 1.82) is 0 Å². The van der Waals surface area contributed by atoms with E-state index in [1.165, 1.54) is 12.1 Å². The molecule has 0 bridgehead atoms. The average molecular weight is 417 g/mol. The number of hydrogen-bond donors (Lipinski definition) is 4. The SMILES string of the molecule is NC(=O)C(O)CNS(=O)(=O)c1c(N)cc(Br)cc1Br. The minimum atomic E-state index is -3.98. The zero-order valence-electron chi connectivity index (χ0n) is 9.43. The van der Waals surface area contributed by atoms with Gasteiger partial charge in [-0.25, -0.2) is 13.1 Å². The molecule has 0 saturated heterocycles. The number of carbonyl (C=O) groups excluding carboxylic acids is 1. The van der Waals surface area contributed by atoms with Crippen molar-refractivity contribution < 1.29 is 18.3 Å². The molecule has 106 valence electrons. The van der Waals surface area contributed by atoms with Crippen LogP contribution in [-0.2, 0) is 14.8 Å². The zero-order valence-corrected chi connectivity index (χ0v) is 13.4. The molecule has 1 aromatic rings. The van der Waals surface area contributed by atoms with Gasteiger partial charge in [0.1, 0.15) is 11.0 Å². The molecule has 0 aliphatic heterocycles. The summed E-state index contributed by atoms with van der Waals surface area (Å²) >= 11 is 6.26. The Hall–Kier alpha value is -0.680. The van der Waals surface area contributed by atoms with Crippen molar-refractivity contribution in [3.8, 4) is 0 Å². The Morgan fingerprint density at radius 2 is 2.00 bits per heavy atom. The third-order valence-corrected chi connectivity index (χ3v) is 4.99. The monoisotopic (exact) mass is 415 g/mol. The van der Waals surface area contributed by atoms with Gasteiger partial charge in [0.15, 0.2) is 0 Å². The molecule has 1 unspecified atom stereocenters. The van der Waals surface area contributed by atoms with Gasteiger partial charge in [-0.05, 0) is 28.1 Å². The Kier molecular flexibility index (Phi) is 5.33. The Morgan fingerprint density at radius 3 is 2.47 bits per heavy atom. The van der Waals surface area contributed by atoms with Crippen molar-refractivity contribution in [2.75, 3.05) is 12.3 Å². The molecule has 19 heavy (non-hydrogen) atoms. The van der Waals surface area contributed by atoms with Crippen LogP contribution in [0.4, 0.5) is 5.69 Å². The Balaban J connectivity index is 3.05. The van der Waals surface area contributed by atoms with Crippen LogP contribution in [0.2, 0.25) is 0 Å². The number of hydrogen-bond acceptors (Lipinski definition) is 5. The summed E-state index contributed by atoms with van der Waals surface area (Å²) in [7, 11) is -3.98. The summed E-state index contributed by atoms with van der Waals surface area (Å²) in [6.07, 6.45) is -1.61. The lowest BCUT2D eigenvalue weighted by Crippen LogP contribution is -2.40. The van der Waals surface area contributed by atoms with Crippen molar-refractivity contribution in [2.45, 2.75) is 11.0 Å². The highest BCUT2D eigenvalue weighted by molar-refractivity contribution is 9.11. The van der Waals surface area contributed by atoms with Gasteiger partial charge in [-0.1, -0.05) is 15.9 Å². The van der Waals surface area contributed by atoms with Gasteiger partial charge < -0.3 is 16.6 Å². The smallest absolute Gasteiger partial charge is 0.247 e. The van der Waals surface area contributed by atoms with E-state index >= 15 is 0 Å². The van der Waals surface area contributed by atoms with Crippen LogP contribution in [0, 0.1) is 0 Å². The molecule has 0 aliphatic carbocycles. The summed E-state index contributed by atoms with van der Waals surface area (Å²) in [6.45, 7) is -0.528. The fourth-order valence-electron chi connectivity index (χ4n) is 1.23. The first-order chi connectivity index (χ1) is 8.65. The molecule has 1 aromatic carbocycles. The van der Waals surface area contributed by atoms with Crippen LogP contribution in [0.1, 0.15) is 0 Å². The van der Waals surface area contributed by atoms with Gasteiger partial charge in [0, 0.05) is 15.5 Å². The van der Waals surface area contributed by atoms with Gasteiger partial charge >= 0.3 is 0 Å². The lowest BCUT2D eigenvalue weighted by atomic mass is 10.3. The number of aliphatic hydroxyl groups excluding tert-OH is 1. The first-order valence-electron chi connectivity index (χ1n) is 4.86. The maximum atomic E-state index is 12.0. The van der Waals surface area contributed by atoms with Crippen molar-refractivity contribution in [3.63, 3.8) is 0 Å². The quantitative estimate of drug-likeness (QED) is 0.497. The van der Waals surface area contributed by atoms with Gasteiger partial charge in [-0.15, -0.1) is 0 Å². The first kappa shape index (κ1) is 16.4. The molecule has 0 fully saturated rings. The van der Waals surface area contributed by atoms with E-state index in [0.29, 0.717) is 4.47 Å². The second-order valence-electron chi connectivity index (χ2n) is 3.58. The summed E-state index contributed by atoms with van der Waals surface area (Å²) in [5.74, 6) is -1.02. The molecule has 6 N–H and O–H groups in total. The van der Waals surface area contributed by atoms with Crippen LogP contribution >= 0.6 is 31.9 Å². The van der Waals surface area contributed by atoms with Crippen molar-refractivity contribution in [2.24, 2.45) is 5.73 Å². The third-order valence-electron chi connectivity index (χ3n) is 2.10. The van der Waals surface area contributed by atoms with Crippen LogP contribution in [0.25, 0.3) is 0 Å². The molecule has 0 aromatic heterocycles. The van der Waals surface area contributed by atoms with Crippen LogP contribution < -0.4 is 16.2 Å². The second-order valence-corrected chi connectivity index (χ2v) is 7.05. The topological polar surface area (TPSA) is 136 Å². The maximum Gasteiger partial charge on any atom is 0.247 e. The second kappa shape index (κ2) is 6.18. The zero-order chi connectivity index (χ0) is 14.8. The molecule has 1 rings (SSSR count). The summed E-state index contributed by atoms with van der Waals surface area (Å²) in [5, 5.41) is 9.17. The van der Waals surface area contributed by atoms with E-state index in [0.717, 1.165) is 0 Å². The number of nitrogens with one attached hydrogen (secondary N) is 1. The van der Waals surface area contributed by atoms with E-state index in [9.17, 15) is 13.2 Å². The van der Waals surface area contributed by atoms with Crippen molar-refractivity contribution >= 4 is 53.5 Å². The average Bonchev–Trinajstić information content (AvgIpc) is 2.23. The molecule has 10 heteroatoms. The van der Waals surface area contributed by atoms with Crippen LogP contribution in [0.3, 0.4) is 0 Å². The molecular formula is C9H11Br2N3O4S. The number of primary amides is 1. The van der Waals surface area contributed by atoms with Gasteiger partial charge in [0.25, 0.3) is 0 Å². The van der Waals surface area contributed by atoms with E-state index in [-0.39, 0.29) is 15.1 Å². The summed E-state index contributed by atoms with van der Waals surface area (Å²) in [6, 6.07) is 2.93. The number of nitrogens with two attached hydrogens (primary N) is 2. The minimum absolute atomic E-state index is 0.0160. The minimum Gasteiger partial charge on any atom is -0.398 e. The lowest BCUT2D eigenvalue weighted by Gasteiger charge is -2.13. The number of rotatable bonds is 5. The summed E-state index contributed by atoms with van der Waals surface area (Å²) in [5.41, 5.74) is 10.5. The molecule has 0 aliphatic rings. The highest BCUT2D eigenvalue weighted by atomic mass is 79.9. The van der Waals surface area contributed by atoms with E-state index in [1.807, 2.05) is 0 Å². The molecule has 0 heterocycles. The Morgan fingerprint density at radius 1 is 1.42 bits per heavy atom. The molecule has 0 radical (unpaired) electrons. The maximum absolute atomic E-state index is 12.0. The van der Waals surface area contributed by atoms with Crippen molar-refractivity contribution in [1.82, 2.24) is 4.72 Å². The molecule has 7 nitrogen and oxygen atoms in total. The fraction of sp³-hybridized carbons (Fsp3) is 0.222. The number of benzene rings is 1. The molecule has 1 amide bonds. The van der Waals surface area contributed by atoms with Crippen LogP contribution in [-0.4, -0.2) is 32.1 Å². The summed E-state index contributed by atoms with van der Waals surface area (Å²) < 4.78 is 26.9. The number of amides is 1. The Bertz CT molecular complexity index is 582. The molecular weight excluding hydrogens is 406 g/mol. The Labute approximate surface area is 126 Å². The largest absolute Gasteiger partial charge is 0.398 e. The van der Waals surface area contributed by atoms with Gasteiger partial charge in [-0.2, -0.15) is 0 Å². The summed E-state index contributed by atoms with van der Waals surface area (Å²) in [4.78, 5) is 10.5. The predicted molar refractivity (Wildman–Crippen MR) is 76.6 cm³/mol. The van der Waals surface area contributed by atoms with Crippen LogP contribution in [0.15, 0.2) is 26.0 Å². The van der Waals surface area contributed by atoms with E-state index in [4.69, 9.17) is 16.6 Å². The predicted octanol–water partition coefficient (Wildman–Crippen LogP) is -0.0817. The van der Waals surface area contributed by atoms with E-state index in [2.05, 4.69) is 36.6 Å². The molecule has 0 saturated carbocycles. The highest BCUT2D eigenvalue weighted by Gasteiger charge is 2.23. The van der Waals surface area contributed by atoms with Crippen LogP contribution in [0.5, 0.6) is 0 Å². The lowest BCUT2D eigenvalue weighted by molar-refractivity contribution is -0.125. The molecule has 0 spiro atoms.